The minimum atomic E-state index is -3.54. The molecule has 1 atom stereocenters. The zero-order chi connectivity index (χ0) is 24.0. The van der Waals surface area contributed by atoms with Gasteiger partial charge in [-0.1, -0.05) is 36.4 Å². The highest BCUT2D eigenvalue weighted by molar-refractivity contribution is 7.89. The van der Waals surface area contributed by atoms with Gasteiger partial charge in [-0.3, -0.25) is 9.59 Å². The third kappa shape index (κ3) is 6.02. The lowest BCUT2D eigenvalue weighted by Gasteiger charge is -2.26. The van der Waals surface area contributed by atoms with E-state index in [9.17, 15) is 18.0 Å². The SMILES string of the molecule is O=C(COC(=O)CCc1ccc(S(=O)(=O)N2CCOCC2)cc1)NC1CCCc2ccccc21. The molecule has 8 nitrogen and oxygen atoms in total. The van der Waals surface area contributed by atoms with E-state index in [2.05, 4.69) is 11.4 Å². The van der Waals surface area contributed by atoms with E-state index in [1.165, 1.54) is 9.87 Å². The van der Waals surface area contributed by atoms with Gasteiger partial charge in [-0.2, -0.15) is 4.31 Å². The number of nitrogens with zero attached hydrogens (tertiary/aromatic N) is 1. The third-order valence-electron chi connectivity index (χ3n) is 6.22. The predicted octanol–water partition coefficient (Wildman–Crippen LogP) is 2.38. The predicted molar refractivity (Wildman–Crippen MR) is 126 cm³/mol. The number of aryl methyl sites for hydroxylation is 2. The maximum absolute atomic E-state index is 12.7. The number of carbonyl (C=O) groups is 2. The summed E-state index contributed by atoms with van der Waals surface area (Å²) in [4.78, 5) is 24.7. The number of morpholine rings is 1. The average Bonchev–Trinajstić information content (AvgIpc) is 2.87. The number of ether oxygens (including phenoxy) is 2. The van der Waals surface area contributed by atoms with E-state index in [0.29, 0.717) is 32.7 Å². The van der Waals surface area contributed by atoms with Crippen LogP contribution in [0.1, 0.15) is 42.0 Å². The Morgan fingerprint density at radius 2 is 1.79 bits per heavy atom. The normalized spacial score (nSPS) is 18.6. The van der Waals surface area contributed by atoms with Gasteiger partial charge >= 0.3 is 5.97 Å². The van der Waals surface area contributed by atoms with E-state index < -0.39 is 16.0 Å². The fourth-order valence-electron chi connectivity index (χ4n) is 4.37. The standard InChI is InChI=1S/C25H30N2O6S/c28-24(26-23-7-3-5-20-4-1-2-6-22(20)23)18-33-25(29)13-10-19-8-11-21(12-9-19)34(30,31)27-14-16-32-17-15-27/h1-2,4,6,8-9,11-12,23H,3,5,7,10,13-18H2,(H,26,28). The Labute approximate surface area is 200 Å². The van der Waals surface area contributed by atoms with Crippen LogP contribution >= 0.6 is 0 Å². The monoisotopic (exact) mass is 486 g/mol. The van der Waals surface area contributed by atoms with Gasteiger partial charge in [-0.25, -0.2) is 8.42 Å². The van der Waals surface area contributed by atoms with E-state index in [-0.39, 0.29) is 29.9 Å². The number of carbonyl (C=O) groups excluding carboxylic acids is 2. The molecule has 2 aromatic carbocycles. The molecule has 2 aliphatic rings. The molecular weight excluding hydrogens is 456 g/mol. The Kier molecular flexibility index (Phi) is 7.97. The molecule has 34 heavy (non-hydrogen) atoms. The van der Waals surface area contributed by atoms with E-state index >= 15 is 0 Å². The second-order valence-corrected chi connectivity index (χ2v) is 10.5. The number of hydrogen-bond acceptors (Lipinski definition) is 6. The summed E-state index contributed by atoms with van der Waals surface area (Å²) in [6.45, 7) is 1.17. The molecule has 1 heterocycles. The quantitative estimate of drug-likeness (QED) is 0.575. The second kappa shape index (κ2) is 11.1. The molecule has 182 valence electrons. The Morgan fingerprint density at radius 1 is 1.06 bits per heavy atom. The van der Waals surface area contributed by atoms with Crippen LogP contribution in [0, 0.1) is 0 Å². The van der Waals surface area contributed by atoms with Crippen LogP contribution in [0.3, 0.4) is 0 Å². The lowest BCUT2D eigenvalue weighted by atomic mass is 9.88. The van der Waals surface area contributed by atoms with Crippen molar-refractivity contribution in [1.29, 1.82) is 0 Å². The van der Waals surface area contributed by atoms with Crippen LogP contribution < -0.4 is 5.32 Å². The average molecular weight is 487 g/mol. The molecule has 0 bridgehead atoms. The van der Waals surface area contributed by atoms with Gasteiger partial charge in [0.05, 0.1) is 24.2 Å². The topological polar surface area (TPSA) is 102 Å². The van der Waals surface area contributed by atoms with Gasteiger partial charge in [0.1, 0.15) is 0 Å². The number of benzene rings is 2. The third-order valence-corrected chi connectivity index (χ3v) is 8.13. The molecule has 0 saturated carbocycles. The van der Waals surface area contributed by atoms with Crippen molar-refractivity contribution in [3.05, 3.63) is 65.2 Å². The minimum absolute atomic E-state index is 0.0524. The number of nitrogens with one attached hydrogen (secondary N) is 1. The molecule has 1 aliphatic carbocycles. The molecule has 1 saturated heterocycles. The Morgan fingerprint density at radius 3 is 2.56 bits per heavy atom. The van der Waals surface area contributed by atoms with Crippen molar-refractivity contribution in [3.8, 4) is 0 Å². The maximum Gasteiger partial charge on any atom is 0.306 e. The fourth-order valence-corrected chi connectivity index (χ4v) is 5.78. The molecule has 1 aliphatic heterocycles. The summed E-state index contributed by atoms with van der Waals surface area (Å²) in [5.41, 5.74) is 3.20. The van der Waals surface area contributed by atoms with Gasteiger partial charge in [0.2, 0.25) is 10.0 Å². The van der Waals surface area contributed by atoms with Crippen LogP contribution in [0.5, 0.6) is 0 Å². The van der Waals surface area contributed by atoms with E-state index in [4.69, 9.17) is 9.47 Å². The molecule has 0 aromatic heterocycles. The minimum Gasteiger partial charge on any atom is -0.456 e. The van der Waals surface area contributed by atoms with Crippen LogP contribution in [0.4, 0.5) is 0 Å². The van der Waals surface area contributed by atoms with Gasteiger partial charge in [0.15, 0.2) is 6.61 Å². The van der Waals surface area contributed by atoms with Crippen molar-refractivity contribution >= 4 is 21.9 Å². The molecule has 0 radical (unpaired) electrons. The highest BCUT2D eigenvalue weighted by Crippen LogP contribution is 2.29. The first kappa shape index (κ1) is 24.4. The molecule has 4 rings (SSSR count). The lowest BCUT2D eigenvalue weighted by molar-refractivity contribution is -0.148. The summed E-state index contributed by atoms with van der Waals surface area (Å²) in [7, 11) is -3.54. The Hall–Kier alpha value is -2.75. The summed E-state index contributed by atoms with van der Waals surface area (Å²) >= 11 is 0. The van der Waals surface area contributed by atoms with Gasteiger partial charge in [0.25, 0.3) is 5.91 Å². The Balaban J connectivity index is 1.22. The summed E-state index contributed by atoms with van der Waals surface area (Å²) in [6.07, 6.45) is 3.39. The maximum atomic E-state index is 12.7. The van der Waals surface area contributed by atoms with Crippen molar-refractivity contribution in [2.24, 2.45) is 0 Å². The van der Waals surface area contributed by atoms with Crippen LogP contribution in [0.15, 0.2) is 53.4 Å². The highest BCUT2D eigenvalue weighted by atomic mass is 32.2. The molecule has 1 amide bonds. The van der Waals surface area contributed by atoms with Crippen LogP contribution in [0.25, 0.3) is 0 Å². The zero-order valence-corrected chi connectivity index (χ0v) is 19.9. The molecule has 9 heteroatoms. The largest absolute Gasteiger partial charge is 0.456 e. The molecule has 0 spiro atoms. The second-order valence-electron chi connectivity index (χ2n) is 8.53. The molecule has 1 unspecified atom stereocenters. The summed E-state index contributed by atoms with van der Waals surface area (Å²) < 4.78 is 37.1. The van der Waals surface area contributed by atoms with E-state index in [1.807, 2.05) is 18.2 Å². The van der Waals surface area contributed by atoms with Crippen molar-refractivity contribution in [2.45, 2.75) is 43.0 Å². The van der Waals surface area contributed by atoms with Gasteiger partial charge in [-0.05, 0) is 54.5 Å². The first-order chi connectivity index (χ1) is 16.4. The number of sulfonamides is 1. The van der Waals surface area contributed by atoms with Crippen LogP contribution in [-0.2, 0) is 41.9 Å². The molecule has 2 aromatic rings. The number of esters is 1. The highest BCUT2D eigenvalue weighted by Gasteiger charge is 2.26. The zero-order valence-electron chi connectivity index (χ0n) is 19.1. The molecule has 1 N–H and O–H groups in total. The Bertz CT molecular complexity index is 1110. The van der Waals surface area contributed by atoms with Crippen molar-refractivity contribution in [2.75, 3.05) is 32.9 Å². The lowest BCUT2D eigenvalue weighted by Crippen LogP contribution is -2.40. The van der Waals surface area contributed by atoms with Crippen molar-refractivity contribution < 1.29 is 27.5 Å². The summed E-state index contributed by atoms with van der Waals surface area (Å²) in [6, 6.07) is 14.5. The van der Waals surface area contributed by atoms with Crippen LogP contribution in [-0.4, -0.2) is 57.5 Å². The number of rotatable bonds is 8. The van der Waals surface area contributed by atoms with Gasteiger partial charge in [0, 0.05) is 19.5 Å². The van der Waals surface area contributed by atoms with Crippen molar-refractivity contribution in [1.82, 2.24) is 9.62 Å². The first-order valence-electron chi connectivity index (χ1n) is 11.6. The summed E-state index contributed by atoms with van der Waals surface area (Å²) in [5.74, 6) is -0.781. The smallest absolute Gasteiger partial charge is 0.306 e. The summed E-state index contributed by atoms with van der Waals surface area (Å²) in [5, 5.41) is 2.97. The number of fused-ring (bicyclic) bond motifs is 1. The van der Waals surface area contributed by atoms with Crippen molar-refractivity contribution in [3.63, 3.8) is 0 Å². The molecular formula is C25H30N2O6S. The van der Waals surface area contributed by atoms with Gasteiger partial charge in [-0.15, -0.1) is 0 Å². The number of amides is 1. The number of hydrogen-bond donors (Lipinski definition) is 1. The first-order valence-corrected chi connectivity index (χ1v) is 13.1. The fraction of sp³-hybridized carbons (Fsp3) is 0.440. The molecule has 1 fully saturated rings. The van der Waals surface area contributed by atoms with Crippen LogP contribution in [0.2, 0.25) is 0 Å². The van der Waals surface area contributed by atoms with E-state index in [0.717, 1.165) is 30.4 Å². The van der Waals surface area contributed by atoms with Gasteiger partial charge < -0.3 is 14.8 Å². The van der Waals surface area contributed by atoms with E-state index in [1.54, 1.807) is 24.3 Å².